The van der Waals surface area contributed by atoms with Crippen LogP contribution < -0.4 is 10.2 Å². The van der Waals surface area contributed by atoms with Crippen molar-refractivity contribution in [1.82, 2.24) is 4.98 Å². The van der Waals surface area contributed by atoms with E-state index in [1.54, 1.807) is 0 Å². The average molecular weight is 289 g/mol. The van der Waals surface area contributed by atoms with Crippen molar-refractivity contribution in [3.63, 3.8) is 0 Å². The zero-order valence-electron chi connectivity index (χ0n) is 13.2. The summed E-state index contributed by atoms with van der Waals surface area (Å²) >= 11 is 0. The molecule has 4 heteroatoms. The van der Waals surface area contributed by atoms with Gasteiger partial charge >= 0.3 is 0 Å². The lowest BCUT2D eigenvalue weighted by Gasteiger charge is -2.34. The van der Waals surface area contributed by atoms with E-state index in [2.05, 4.69) is 41.2 Å². The Morgan fingerprint density at radius 3 is 2.71 bits per heavy atom. The molecular formula is C17H27N3O. The summed E-state index contributed by atoms with van der Waals surface area (Å²) in [5.41, 5.74) is 1.15. The molecule has 3 rings (SSSR count). The summed E-state index contributed by atoms with van der Waals surface area (Å²) in [5, 5.41) is 3.69. The molecular weight excluding hydrogens is 262 g/mol. The highest BCUT2D eigenvalue weighted by Crippen LogP contribution is 2.30. The summed E-state index contributed by atoms with van der Waals surface area (Å²) in [7, 11) is 0. The number of hydrogen-bond acceptors (Lipinski definition) is 4. The maximum absolute atomic E-state index is 5.39. The van der Waals surface area contributed by atoms with E-state index in [1.807, 2.05) is 6.20 Å². The lowest BCUT2D eigenvalue weighted by Crippen LogP contribution is -2.36. The van der Waals surface area contributed by atoms with Crippen molar-refractivity contribution < 1.29 is 4.74 Å². The van der Waals surface area contributed by atoms with Gasteiger partial charge in [-0.2, -0.15) is 0 Å². The quantitative estimate of drug-likeness (QED) is 0.927. The molecule has 3 atom stereocenters. The maximum atomic E-state index is 5.39. The smallest absolute Gasteiger partial charge is 0.128 e. The average Bonchev–Trinajstić information content (AvgIpc) is 2.53. The normalized spacial score (nSPS) is 30.2. The number of morpholine rings is 1. The van der Waals surface area contributed by atoms with Crippen LogP contribution in [0.4, 0.5) is 11.5 Å². The van der Waals surface area contributed by atoms with Gasteiger partial charge in [-0.1, -0.05) is 20.3 Å². The summed E-state index contributed by atoms with van der Waals surface area (Å²) in [6, 6.07) is 4.89. The van der Waals surface area contributed by atoms with Gasteiger partial charge in [0.05, 0.1) is 25.1 Å². The highest BCUT2D eigenvalue weighted by molar-refractivity contribution is 5.49. The zero-order chi connectivity index (χ0) is 14.7. The lowest BCUT2D eigenvalue weighted by molar-refractivity contribution is 0.122. The minimum absolute atomic E-state index is 0.588. The van der Waals surface area contributed by atoms with Crippen molar-refractivity contribution in [3.05, 3.63) is 18.3 Å². The third-order valence-electron chi connectivity index (χ3n) is 4.89. The van der Waals surface area contributed by atoms with Gasteiger partial charge in [-0.3, -0.25) is 0 Å². The molecule has 2 aliphatic rings. The second-order valence-electron chi connectivity index (χ2n) is 6.65. The first kappa shape index (κ1) is 14.6. The molecule has 2 fully saturated rings. The number of ether oxygens (including phenoxy) is 1. The molecule has 1 aromatic heterocycles. The van der Waals surface area contributed by atoms with E-state index in [9.17, 15) is 0 Å². The molecule has 3 unspecified atom stereocenters. The Bertz CT molecular complexity index is 442. The van der Waals surface area contributed by atoms with Crippen molar-refractivity contribution in [2.75, 3.05) is 36.5 Å². The van der Waals surface area contributed by atoms with Crippen molar-refractivity contribution >= 4 is 11.5 Å². The van der Waals surface area contributed by atoms with Crippen LogP contribution in [0.1, 0.15) is 33.1 Å². The second-order valence-corrected chi connectivity index (χ2v) is 6.65. The second kappa shape index (κ2) is 6.65. The van der Waals surface area contributed by atoms with E-state index in [0.29, 0.717) is 6.04 Å². The SMILES string of the molecule is CC1CCC(C)C(Nc2ccc(N3CCOCC3)nc2)C1. The number of nitrogens with one attached hydrogen (secondary N) is 1. The maximum Gasteiger partial charge on any atom is 0.128 e. The Labute approximate surface area is 127 Å². The number of rotatable bonds is 3. The molecule has 0 bridgehead atoms. The molecule has 1 aliphatic carbocycles. The summed E-state index contributed by atoms with van der Waals surface area (Å²) < 4.78 is 5.39. The van der Waals surface area contributed by atoms with Crippen LogP contribution >= 0.6 is 0 Å². The highest BCUT2D eigenvalue weighted by Gasteiger charge is 2.25. The first-order chi connectivity index (χ1) is 10.2. The molecule has 1 aromatic rings. The minimum Gasteiger partial charge on any atom is -0.381 e. The monoisotopic (exact) mass is 289 g/mol. The summed E-state index contributed by atoms with van der Waals surface area (Å²) in [6.07, 6.45) is 5.95. The highest BCUT2D eigenvalue weighted by atomic mass is 16.5. The van der Waals surface area contributed by atoms with Crippen LogP contribution in [0.3, 0.4) is 0 Å². The Hall–Kier alpha value is -1.29. The number of hydrogen-bond donors (Lipinski definition) is 1. The molecule has 1 aliphatic heterocycles. The van der Waals surface area contributed by atoms with Gasteiger partial charge in [-0.25, -0.2) is 4.98 Å². The third-order valence-corrected chi connectivity index (χ3v) is 4.89. The van der Waals surface area contributed by atoms with Crippen LogP contribution in [-0.4, -0.2) is 37.3 Å². The molecule has 0 amide bonds. The van der Waals surface area contributed by atoms with Gasteiger partial charge < -0.3 is 15.0 Å². The van der Waals surface area contributed by atoms with E-state index in [0.717, 1.165) is 49.6 Å². The van der Waals surface area contributed by atoms with Crippen molar-refractivity contribution in [2.45, 2.75) is 39.2 Å². The number of nitrogens with zero attached hydrogens (tertiary/aromatic N) is 2. The van der Waals surface area contributed by atoms with Crippen LogP contribution in [0, 0.1) is 11.8 Å². The standard InChI is InChI=1S/C17H27N3O/c1-13-3-4-14(2)16(11-13)19-15-5-6-17(18-12-15)20-7-9-21-10-8-20/h5-6,12-14,16,19H,3-4,7-11H2,1-2H3. The number of pyridine rings is 1. The summed E-state index contributed by atoms with van der Waals surface area (Å²) in [4.78, 5) is 6.91. The van der Waals surface area contributed by atoms with Crippen LogP contribution in [0.15, 0.2) is 18.3 Å². The van der Waals surface area contributed by atoms with Crippen LogP contribution in [-0.2, 0) is 4.74 Å². The van der Waals surface area contributed by atoms with Crippen LogP contribution in [0.2, 0.25) is 0 Å². The Morgan fingerprint density at radius 2 is 2.00 bits per heavy atom. The van der Waals surface area contributed by atoms with Crippen LogP contribution in [0.25, 0.3) is 0 Å². The number of anilines is 2. The fourth-order valence-corrected chi connectivity index (χ4v) is 3.40. The molecule has 1 N–H and O–H groups in total. The summed E-state index contributed by atoms with van der Waals surface area (Å²) in [5.74, 6) is 2.65. The van der Waals surface area contributed by atoms with Crippen molar-refractivity contribution in [2.24, 2.45) is 11.8 Å². The Morgan fingerprint density at radius 1 is 1.19 bits per heavy atom. The molecule has 4 nitrogen and oxygen atoms in total. The van der Waals surface area contributed by atoms with E-state index < -0.39 is 0 Å². The van der Waals surface area contributed by atoms with E-state index in [4.69, 9.17) is 4.74 Å². The van der Waals surface area contributed by atoms with E-state index >= 15 is 0 Å². The van der Waals surface area contributed by atoms with Gasteiger partial charge in [0, 0.05) is 19.1 Å². The van der Waals surface area contributed by atoms with Crippen molar-refractivity contribution in [1.29, 1.82) is 0 Å². The molecule has 116 valence electrons. The molecule has 1 saturated heterocycles. The first-order valence-corrected chi connectivity index (χ1v) is 8.27. The summed E-state index contributed by atoms with van der Waals surface area (Å²) in [6.45, 7) is 8.21. The number of aromatic nitrogens is 1. The third kappa shape index (κ3) is 3.67. The van der Waals surface area contributed by atoms with Gasteiger partial charge in [0.15, 0.2) is 0 Å². The van der Waals surface area contributed by atoms with E-state index in [-0.39, 0.29) is 0 Å². The fourth-order valence-electron chi connectivity index (χ4n) is 3.40. The minimum atomic E-state index is 0.588. The molecule has 0 spiro atoms. The topological polar surface area (TPSA) is 37.4 Å². The predicted molar refractivity (Wildman–Crippen MR) is 86.9 cm³/mol. The fraction of sp³-hybridized carbons (Fsp3) is 0.706. The van der Waals surface area contributed by atoms with Gasteiger partial charge in [-0.05, 0) is 36.8 Å². The van der Waals surface area contributed by atoms with Gasteiger partial charge in [0.25, 0.3) is 0 Å². The van der Waals surface area contributed by atoms with E-state index in [1.165, 1.54) is 19.3 Å². The van der Waals surface area contributed by atoms with Gasteiger partial charge in [0.2, 0.25) is 0 Å². The zero-order valence-corrected chi connectivity index (χ0v) is 13.2. The largest absolute Gasteiger partial charge is 0.381 e. The Kier molecular flexibility index (Phi) is 4.63. The lowest BCUT2D eigenvalue weighted by atomic mass is 9.80. The Balaban J connectivity index is 1.61. The molecule has 0 radical (unpaired) electrons. The van der Waals surface area contributed by atoms with Gasteiger partial charge in [0.1, 0.15) is 5.82 Å². The van der Waals surface area contributed by atoms with Crippen LogP contribution in [0.5, 0.6) is 0 Å². The molecule has 0 aromatic carbocycles. The molecule has 1 saturated carbocycles. The van der Waals surface area contributed by atoms with Crippen molar-refractivity contribution in [3.8, 4) is 0 Å². The molecule has 2 heterocycles. The predicted octanol–water partition coefficient (Wildman–Crippen LogP) is 3.15. The van der Waals surface area contributed by atoms with Gasteiger partial charge in [-0.15, -0.1) is 0 Å². The first-order valence-electron chi connectivity index (χ1n) is 8.27. The molecule has 21 heavy (non-hydrogen) atoms.